The molecule has 0 bridgehead atoms. The number of hydrogen-bond donors (Lipinski definition) is 1. The summed E-state index contributed by atoms with van der Waals surface area (Å²) in [5.74, 6) is 2.00. The number of anilines is 2. The van der Waals surface area contributed by atoms with Crippen molar-refractivity contribution in [1.82, 2.24) is 29.4 Å². The second kappa shape index (κ2) is 7.63. The molecule has 10 nitrogen and oxygen atoms in total. The molecule has 2 fully saturated rings. The number of fused-ring (bicyclic) bond motifs is 3. The van der Waals surface area contributed by atoms with Crippen molar-refractivity contribution in [3.63, 3.8) is 0 Å². The minimum Gasteiger partial charge on any atom is -0.494 e. The molecule has 2 aliphatic heterocycles. The van der Waals surface area contributed by atoms with Crippen LogP contribution in [0.3, 0.4) is 0 Å². The lowest BCUT2D eigenvalue weighted by molar-refractivity contribution is 0.184. The van der Waals surface area contributed by atoms with Crippen molar-refractivity contribution >= 4 is 28.2 Å². The Bertz CT molecular complexity index is 1280. The number of nitrogens with zero attached hydrogens (tertiary/aromatic N) is 7. The molecule has 0 saturated carbocycles. The van der Waals surface area contributed by atoms with Crippen LogP contribution in [0.5, 0.6) is 5.75 Å². The maximum absolute atomic E-state index is 6.23. The number of piperidine rings is 1. The van der Waals surface area contributed by atoms with Crippen LogP contribution in [0.4, 0.5) is 11.6 Å². The van der Waals surface area contributed by atoms with Crippen molar-refractivity contribution in [1.29, 1.82) is 0 Å². The molecule has 2 N–H and O–H groups in total. The lowest BCUT2D eigenvalue weighted by Crippen LogP contribution is -2.34. The van der Waals surface area contributed by atoms with E-state index in [1.165, 1.54) is 0 Å². The third-order valence-corrected chi connectivity index (χ3v) is 6.55. The van der Waals surface area contributed by atoms with Crippen LogP contribution in [0.25, 0.3) is 16.6 Å². The Kier molecular flexibility index (Phi) is 4.60. The smallest absolute Gasteiger partial charge is 0.223 e. The molecule has 0 aliphatic carbocycles. The fourth-order valence-corrected chi connectivity index (χ4v) is 4.82. The molecule has 0 amide bonds. The first kappa shape index (κ1) is 19.3. The van der Waals surface area contributed by atoms with Crippen molar-refractivity contribution in [3.8, 4) is 5.75 Å². The van der Waals surface area contributed by atoms with Crippen molar-refractivity contribution in [2.75, 3.05) is 44.0 Å². The molecular weight excluding hydrogens is 408 g/mol. The molecule has 2 atom stereocenters. The average Bonchev–Trinajstić information content (AvgIpc) is 3.59. The Morgan fingerprint density at radius 2 is 2.16 bits per heavy atom. The Labute approximate surface area is 184 Å². The summed E-state index contributed by atoms with van der Waals surface area (Å²) in [6.07, 6.45) is 7.22. The highest BCUT2D eigenvalue weighted by atomic mass is 16.5. The standard InChI is InChI=1S/C22H26N8O2/c1-31-18-6-2-5-17-19(18)25-22(23)30-21(17)26-20(27-30)14-4-3-8-28(11-14)16-10-24-29(12-16)15-7-9-32-13-15/h2,5-6,10,12,14-15H,3-4,7-9,11,13H2,1H3,(H2,23,25)/t14-,15-/m1/s1. The van der Waals surface area contributed by atoms with E-state index in [0.717, 1.165) is 62.5 Å². The highest BCUT2D eigenvalue weighted by Gasteiger charge is 2.27. The summed E-state index contributed by atoms with van der Waals surface area (Å²) in [5, 5.41) is 10.2. The van der Waals surface area contributed by atoms with E-state index in [9.17, 15) is 0 Å². The van der Waals surface area contributed by atoms with Gasteiger partial charge in [-0.15, -0.1) is 5.10 Å². The molecule has 6 rings (SSSR count). The van der Waals surface area contributed by atoms with Gasteiger partial charge in [-0.2, -0.15) is 9.61 Å². The van der Waals surface area contributed by atoms with Crippen LogP contribution >= 0.6 is 0 Å². The van der Waals surface area contributed by atoms with Crippen molar-refractivity contribution in [3.05, 3.63) is 36.4 Å². The first-order valence-corrected chi connectivity index (χ1v) is 11.1. The van der Waals surface area contributed by atoms with Crippen LogP contribution in [0.2, 0.25) is 0 Å². The van der Waals surface area contributed by atoms with Crippen LogP contribution in [-0.4, -0.2) is 62.8 Å². The topological polar surface area (TPSA) is 109 Å². The van der Waals surface area contributed by atoms with Gasteiger partial charge in [0.2, 0.25) is 5.95 Å². The Morgan fingerprint density at radius 1 is 1.22 bits per heavy atom. The van der Waals surface area contributed by atoms with Crippen LogP contribution in [0.1, 0.15) is 37.0 Å². The molecule has 5 heterocycles. The fraction of sp³-hybridized carbons (Fsp3) is 0.455. The van der Waals surface area contributed by atoms with Gasteiger partial charge in [0.05, 0.1) is 31.6 Å². The largest absolute Gasteiger partial charge is 0.494 e. The average molecular weight is 435 g/mol. The SMILES string of the molecule is COc1cccc2c1nc(N)n1nc([C@@H]3CCCN(c4cnn([C@@H]5CCOC5)c4)C3)nc21. The molecule has 32 heavy (non-hydrogen) atoms. The third-order valence-electron chi connectivity index (χ3n) is 6.55. The van der Waals surface area contributed by atoms with E-state index in [0.29, 0.717) is 28.9 Å². The zero-order valence-electron chi connectivity index (χ0n) is 18.0. The quantitative estimate of drug-likeness (QED) is 0.522. The zero-order valence-corrected chi connectivity index (χ0v) is 18.0. The number of para-hydroxylation sites is 1. The molecule has 3 aromatic heterocycles. The summed E-state index contributed by atoms with van der Waals surface area (Å²) in [6.45, 7) is 3.39. The minimum absolute atomic E-state index is 0.210. The predicted molar refractivity (Wildman–Crippen MR) is 120 cm³/mol. The van der Waals surface area contributed by atoms with Gasteiger partial charge in [-0.3, -0.25) is 4.68 Å². The number of aromatic nitrogens is 6. The number of nitrogen functional groups attached to an aromatic ring is 1. The van der Waals surface area contributed by atoms with Crippen LogP contribution in [-0.2, 0) is 4.74 Å². The molecule has 0 spiro atoms. The summed E-state index contributed by atoms with van der Waals surface area (Å²) < 4.78 is 14.7. The number of nitrogens with two attached hydrogens (primary N) is 1. The third kappa shape index (κ3) is 3.13. The predicted octanol–water partition coefficient (Wildman–Crippen LogP) is 2.41. The lowest BCUT2D eigenvalue weighted by atomic mass is 9.97. The number of hydrogen-bond acceptors (Lipinski definition) is 8. The molecule has 1 aromatic carbocycles. The number of methoxy groups -OCH3 is 1. The maximum Gasteiger partial charge on any atom is 0.223 e. The zero-order chi connectivity index (χ0) is 21.7. The van der Waals surface area contributed by atoms with E-state index in [1.54, 1.807) is 11.6 Å². The van der Waals surface area contributed by atoms with Gasteiger partial charge >= 0.3 is 0 Å². The molecule has 2 saturated heterocycles. The van der Waals surface area contributed by atoms with Gasteiger partial charge < -0.3 is 20.1 Å². The number of benzene rings is 1. The van der Waals surface area contributed by atoms with Crippen LogP contribution in [0, 0.1) is 0 Å². The summed E-state index contributed by atoms with van der Waals surface area (Å²) in [4.78, 5) is 11.8. The van der Waals surface area contributed by atoms with Gasteiger partial charge in [0, 0.05) is 37.2 Å². The van der Waals surface area contributed by atoms with E-state index in [4.69, 9.17) is 25.3 Å². The number of ether oxygens (including phenoxy) is 2. The second-order valence-corrected chi connectivity index (χ2v) is 8.51. The monoisotopic (exact) mass is 434 g/mol. The van der Waals surface area contributed by atoms with Gasteiger partial charge in [0.25, 0.3) is 0 Å². The van der Waals surface area contributed by atoms with E-state index in [-0.39, 0.29) is 5.92 Å². The summed E-state index contributed by atoms with van der Waals surface area (Å²) in [6, 6.07) is 6.12. The van der Waals surface area contributed by atoms with Gasteiger partial charge in [0.15, 0.2) is 11.5 Å². The Hall–Kier alpha value is -3.40. The van der Waals surface area contributed by atoms with Gasteiger partial charge in [-0.1, -0.05) is 6.07 Å². The molecule has 10 heteroatoms. The molecule has 4 aromatic rings. The maximum atomic E-state index is 6.23. The van der Waals surface area contributed by atoms with E-state index in [1.807, 2.05) is 29.1 Å². The summed E-state index contributed by atoms with van der Waals surface area (Å²) in [7, 11) is 1.63. The van der Waals surface area contributed by atoms with Crippen molar-refractivity contribution < 1.29 is 9.47 Å². The van der Waals surface area contributed by atoms with Crippen LogP contribution in [0.15, 0.2) is 30.6 Å². The summed E-state index contributed by atoms with van der Waals surface area (Å²) in [5.41, 5.74) is 8.79. The van der Waals surface area contributed by atoms with Gasteiger partial charge in [-0.25, -0.2) is 9.97 Å². The first-order valence-electron chi connectivity index (χ1n) is 11.1. The van der Waals surface area contributed by atoms with Crippen molar-refractivity contribution in [2.24, 2.45) is 0 Å². The van der Waals surface area contributed by atoms with E-state index in [2.05, 4.69) is 21.2 Å². The lowest BCUT2D eigenvalue weighted by Gasteiger charge is -2.32. The van der Waals surface area contributed by atoms with E-state index < -0.39 is 0 Å². The van der Waals surface area contributed by atoms with Gasteiger partial charge in [0.1, 0.15) is 11.3 Å². The normalized spacial score (nSPS) is 21.6. The molecule has 0 radical (unpaired) electrons. The molecular formula is C22H26N8O2. The minimum atomic E-state index is 0.210. The van der Waals surface area contributed by atoms with Gasteiger partial charge in [-0.05, 0) is 31.4 Å². The van der Waals surface area contributed by atoms with Crippen LogP contribution < -0.4 is 15.4 Å². The second-order valence-electron chi connectivity index (χ2n) is 8.51. The number of rotatable bonds is 4. The highest BCUT2D eigenvalue weighted by Crippen LogP contribution is 2.32. The summed E-state index contributed by atoms with van der Waals surface area (Å²) >= 11 is 0. The fourth-order valence-electron chi connectivity index (χ4n) is 4.82. The Morgan fingerprint density at radius 3 is 3.00 bits per heavy atom. The van der Waals surface area contributed by atoms with Crippen molar-refractivity contribution in [2.45, 2.75) is 31.2 Å². The highest BCUT2D eigenvalue weighted by molar-refractivity contribution is 5.95. The molecule has 0 unspecified atom stereocenters. The van der Waals surface area contributed by atoms with E-state index >= 15 is 0 Å². The Balaban J connectivity index is 1.31. The molecule has 2 aliphatic rings. The first-order chi connectivity index (χ1) is 15.7. The molecule has 166 valence electrons.